The van der Waals surface area contributed by atoms with Gasteiger partial charge in [0.05, 0.1) is 19.8 Å². The summed E-state index contributed by atoms with van der Waals surface area (Å²) in [4.78, 5) is 0. The zero-order valence-electron chi connectivity index (χ0n) is 12.6. The first kappa shape index (κ1) is 15.5. The molecule has 112 valence electrons. The molecule has 0 aromatic heterocycles. The quantitative estimate of drug-likeness (QED) is 0.818. The van der Waals surface area contributed by atoms with E-state index in [1.807, 2.05) is 48.5 Å². The lowest BCUT2D eigenvalue weighted by molar-refractivity contribution is 0.230. The van der Waals surface area contributed by atoms with Crippen molar-refractivity contribution in [2.75, 3.05) is 13.7 Å². The van der Waals surface area contributed by atoms with Crippen LogP contribution in [-0.2, 0) is 0 Å². The number of aliphatic hydroxyl groups excluding tert-OH is 1. The van der Waals surface area contributed by atoms with Crippen molar-refractivity contribution in [1.82, 2.24) is 5.32 Å². The number of methoxy groups -OCH3 is 1. The second-order valence-corrected chi connectivity index (χ2v) is 5.02. The van der Waals surface area contributed by atoms with Gasteiger partial charge in [0.2, 0.25) is 0 Å². The molecule has 2 rings (SSSR count). The van der Waals surface area contributed by atoms with Gasteiger partial charge < -0.3 is 15.2 Å². The topological polar surface area (TPSA) is 41.5 Å². The molecule has 3 nitrogen and oxygen atoms in total. The molecule has 2 unspecified atom stereocenters. The Hall–Kier alpha value is -1.84. The molecule has 0 spiro atoms. The Kier molecular flexibility index (Phi) is 5.78. The molecule has 0 heterocycles. The summed E-state index contributed by atoms with van der Waals surface area (Å²) in [5.41, 5.74) is 2.21. The van der Waals surface area contributed by atoms with Crippen LogP contribution >= 0.6 is 0 Å². The number of benzene rings is 2. The predicted molar refractivity (Wildman–Crippen MR) is 85.4 cm³/mol. The highest BCUT2D eigenvalue weighted by Gasteiger charge is 2.19. The molecule has 0 saturated heterocycles. The average Bonchev–Trinajstić information content (AvgIpc) is 2.57. The summed E-state index contributed by atoms with van der Waals surface area (Å²) >= 11 is 0. The van der Waals surface area contributed by atoms with Gasteiger partial charge in [-0.05, 0) is 18.1 Å². The van der Waals surface area contributed by atoms with E-state index < -0.39 is 0 Å². The predicted octanol–water partition coefficient (Wildman–Crippen LogP) is 3.47. The van der Waals surface area contributed by atoms with Gasteiger partial charge in [-0.25, -0.2) is 0 Å². The first-order chi connectivity index (χ1) is 10.3. The van der Waals surface area contributed by atoms with Crippen LogP contribution in [0.15, 0.2) is 54.6 Å². The van der Waals surface area contributed by atoms with Gasteiger partial charge >= 0.3 is 0 Å². The fraction of sp³-hybridized carbons (Fsp3) is 0.333. The minimum atomic E-state index is -0.0823. The van der Waals surface area contributed by atoms with Crippen LogP contribution in [0.4, 0.5) is 0 Å². The lowest BCUT2D eigenvalue weighted by Crippen LogP contribution is -2.28. The van der Waals surface area contributed by atoms with Crippen LogP contribution in [0.3, 0.4) is 0 Å². The first-order valence-corrected chi connectivity index (χ1v) is 7.34. The summed E-state index contributed by atoms with van der Waals surface area (Å²) in [5.74, 6) is 0.876. The molecule has 0 aliphatic rings. The monoisotopic (exact) mass is 285 g/mol. The van der Waals surface area contributed by atoms with Crippen molar-refractivity contribution in [3.05, 3.63) is 65.7 Å². The zero-order chi connectivity index (χ0) is 15.1. The summed E-state index contributed by atoms with van der Waals surface area (Å²) in [7, 11) is 1.69. The minimum Gasteiger partial charge on any atom is -0.496 e. The van der Waals surface area contributed by atoms with E-state index in [0.29, 0.717) is 0 Å². The Morgan fingerprint density at radius 2 is 1.67 bits per heavy atom. The highest BCUT2D eigenvalue weighted by atomic mass is 16.5. The van der Waals surface area contributed by atoms with Gasteiger partial charge in [-0.2, -0.15) is 0 Å². The molecule has 21 heavy (non-hydrogen) atoms. The van der Waals surface area contributed by atoms with Crippen LogP contribution in [-0.4, -0.2) is 18.8 Å². The molecule has 2 aromatic rings. The third-order valence-electron chi connectivity index (χ3n) is 3.71. The van der Waals surface area contributed by atoms with Crippen molar-refractivity contribution >= 4 is 0 Å². The standard InChI is InChI=1S/C18H23NO2/c1-3-16(15-11-7-8-12-18(15)21-2)19-17(13-20)14-9-5-4-6-10-14/h4-12,16-17,19-20H,3,13H2,1-2H3. The molecule has 0 aliphatic carbocycles. The number of hydrogen-bond acceptors (Lipinski definition) is 3. The average molecular weight is 285 g/mol. The van der Waals surface area contributed by atoms with E-state index in [-0.39, 0.29) is 18.7 Å². The van der Waals surface area contributed by atoms with Crippen molar-refractivity contribution in [2.24, 2.45) is 0 Å². The van der Waals surface area contributed by atoms with Gasteiger partial charge in [-0.1, -0.05) is 55.5 Å². The molecular weight excluding hydrogens is 262 g/mol. The lowest BCUT2D eigenvalue weighted by Gasteiger charge is -2.25. The fourth-order valence-electron chi connectivity index (χ4n) is 2.56. The summed E-state index contributed by atoms with van der Waals surface area (Å²) in [6, 6.07) is 18.1. The van der Waals surface area contributed by atoms with Gasteiger partial charge in [-0.3, -0.25) is 0 Å². The Morgan fingerprint density at radius 1 is 1.00 bits per heavy atom. The van der Waals surface area contributed by atoms with Crippen LogP contribution in [0.5, 0.6) is 5.75 Å². The normalized spacial score (nSPS) is 13.7. The molecule has 0 aliphatic heterocycles. The summed E-state index contributed by atoms with van der Waals surface area (Å²) < 4.78 is 5.45. The maximum Gasteiger partial charge on any atom is 0.123 e. The van der Waals surface area contributed by atoms with Crippen molar-refractivity contribution in [2.45, 2.75) is 25.4 Å². The molecule has 0 saturated carbocycles. The van der Waals surface area contributed by atoms with Gasteiger partial charge in [0.15, 0.2) is 0 Å². The molecule has 3 heteroatoms. The lowest BCUT2D eigenvalue weighted by atomic mass is 10.00. The maximum absolute atomic E-state index is 9.70. The highest BCUT2D eigenvalue weighted by molar-refractivity contribution is 5.36. The molecule has 2 atom stereocenters. The van der Waals surface area contributed by atoms with E-state index in [0.717, 1.165) is 23.3 Å². The van der Waals surface area contributed by atoms with Gasteiger partial charge in [-0.15, -0.1) is 0 Å². The number of ether oxygens (including phenoxy) is 1. The van der Waals surface area contributed by atoms with E-state index in [4.69, 9.17) is 4.74 Å². The molecule has 0 radical (unpaired) electrons. The number of para-hydroxylation sites is 1. The first-order valence-electron chi connectivity index (χ1n) is 7.34. The molecule has 0 bridgehead atoms. The smallest absolute Gasteiger partial charge is 0.123 e. The van der Waals surface area contributed by atoms with Crippen molar-refractivity contribution in [1.29, 1.82) is 0 Å². The Bertz CT molecular complexity index is 542. The number of rotatable bonds is 7. The Morgan fingerprint density at radius 3 is 2.29 bits per heavy atom. The maximum atomic E-state index is 9.70. The third-order valence-corrected chi connectivity index (χ3v) is 3.71. The van der Waals surface area contributed by atoms with E-state index in [9.17, 15) is 5.11 Å². The van der Waals surface area contributed by atoms with Crippen molar-refractivity contribution in [3.8, 4) is 5.75 Å². The second-order valence-electron chi connectivity index (χ2n) is 5.02. The molecule has 0 amide bonds. The van der Waals surface area contributed by atoms with Crippen LogP contribution in [0.25, 0.3) is 0 Å². The largest absolute Gasteiger partial charge is 0.496 e. The summed E-state index contributed by atoms with van der Waals surface area (Å²) in [5, 5.41) is 13.2. The van der Waals surface area contributed by atoms with Crippen molar-refractivity contribution < 1.29 is 9.84 Å². The van der Waals surface area contributed by atoms with Crippen LogP contribution < -0.4 is 10.1 Å². The van der Waals surface area contributed by atoms with E-state index in [1.54, 1.807) is 7.11 Å². The summed E-state index contributed by atoms with van der Waals surface area (Å²) in [6.45, 7) is 2.19. The zero-order valence-corrected chi connectivity index (χ0v) is 12.6. The second kappa shape index (κ2) is 7.81. The van der Waals surface area contributed by atoms with Crippen LogP contribution in [0, 0.1) is 0 Å². The minimum absolute atomic E-state index is 0.0651. The van der Waals surface area contributed by atoms with E-state index >= 15 is 0 Å². The Balaban J connectivity index is 2.21. The van der Waals surface area contributed by atoms with Crippen LogP contribution in [0.1, 0.15) is 36.6 Å². The number of nitrogens with one attached hydrogen (secondary N) is 1. The van der Waals surface area contributed by atoms with Crippen LogP contribution in [0.2, 0.25) is 0 Å². The number of hydrogen-bond donors (Lipinski definition) is 2. The van der Waals surface area contributed by atoms with Gasteiger partial charge in [0.25, 0.3) is 0 Å². The number of aliphatic hydroxyl groups is 1. The van der Waals surface area contributed by atoms with Crippen molar-refractivity contribution in [3.63, 3.8) is 0 Å². The highest BCUT2D eigenvalue weighted by Crippen LogP contribution is 2.29. The molecular formula is C18H23NO2. The molecule has 0 fully saturated rings. The molecule has 2 N–H and O–H groups in total. The molecule has 2 aromatic carbocycles. The summed E-state index contributed by atoms with van der Waals surface area (Å²) in [6.07, 6.45) is 0.920. The SMILES string of the molecule is CCC(NC(CO)c1ccccc1)c1ccccc1OC. The van der Waals surface area contributed by atoms with E-state index in [1.165, 1.54) is 0 Å². The third kappa shape index (κ3) is 3.84. The Labute approximate surface area is 126 Å². The fourth-order valence-corrected chi connectivity index (χ4v) is 2.56. The van der Waals surface area contributed by atoms with Gasteiger partial charge in [0, 0.05) is 11.6 Å². The van der Waals surface area contributed by atoms with E-state index in [2.05, 4.69) is 18.3 Å². The van der Waals surface area contributed by atoms with Gasteiger partial charge in [0.1, 0.15) is 5.75 Å².